The molecule has 1 aromatic carbocycles. The molecule has 0 aromatic heterocycles. The zero-order valence-electron chi connectivity index (χ0n) is 7.91. The van der Waals surface area contributed by atoms with E-state index in [1.54, 1.807) is 0 Å². The number of nitrogens with zero attached hydrogens (tertiary/aromatic N) is 1. The fourth-order valence-corrected chi connectivity index (χ4v) is 1.57. The second-order valence-electron chi connectivity index (χ2n) is 3.58. The number of benzene rings is 1. The molecular formula is C9H7F5N2. The van der Waals surface area contributed by atoms with Gasteiger partial charge in [0.1, 0.15) is 5.69 Å². The normalized spacial score (nSPS) is 16.5. The first-order valence-corrected chi connectivity index (χ1v) is 4.45. The zero-order chi connectivity index (χ0) is 12.0. The Labute approximate surface area is 87.4 Å². The number of halogens is 5. The quantitative estimate of drug-likeness (QED) is 0.456. The highest BCUT2D eigenvalue weighted by atomic mass is 19.2. The van der Waals surface area contributed by atoms with E-state index in [1.165, 1.54) is 0 Å². The summed E-state index contributed by atoms with van der Waals surface area (Å²) in [5.41, 5.74) is 4.46. The number of anilines is 1. The number of rotatable bonds is 1. The predicted molar refractivity (Wildman–Crippen MR) is 46.4 cm³/mol. The standard InChI is InChI=1S/C9H7F5N2/c10-4-5(11)7(13)9(8(14)6(4)12)16-1-3(15)2-16/h3H,1-2,15H2. The van der Waals surface area contributed by atoms with Crippen LogP contribution in [0.1, 0.15) is 0 Å². The molecule has 2 rings (SSSR count). The summed E-state index contributed by atoms with van der Waals surface area (Å²) >= 11 is 0. The summed E-state index contributed by atoms with van der Waals surface area (Å²) in [6.07, 6.45) is 0. The average Bonchev–Trinajstić information content (AvgIpc) is 2.21. The van der Waals surface area contributed by atoms with Crippen LogP contribution in [0, 0.1) is 29.1 Å². The lowest BCUT2D eigenvalue weighted by Crippen LogP contribution is -2.56. The van der Waals surface area contributed by atoms with Crippen molar-refractivity contribution in [3.63, 3.8) is 0 Å². The van der Waals surface area contributed by atoms with E-state index >= 15 is 0 Å². The Hall–Kier alpha value is -1.37. The summed E-state index contributed by atoms with van der Waals surface area (Å²) in [5, 5.41) is 0. The Morgan fingerprint density at radius 3 is 1.56 bits per heavy atom. The van der Waals surface area contributed by atoms with E-state index in [0.29, 0.717) is 0 Å². The van der Waals surface area contributed by atoms with E-state index in [4.69, 9.17) is 5.73 Å². The second-order valence-corrected chi connectivity index (χ2v) is 3.58. The third-order valence-electron chi connectivity index (χ3n) is 2.41. The van der Waals surface area contributed by atoms with Crippen molar-refractivity contribution in [1.29, 1.82) is 0 Å². The van der Waals surface area contributed by atoms with Crippen molar-refractivity contribution < 1.29 is 22.0 Å². The highest BCUT2D eigenvalue weighted by Gasteiger charge is 2.33. The van der Waals surface area contributed by atoms with Crippen LogP contribution < -0.4 is 10.6 Å². The molecule has 88 valence electrons. The monoisotopic (exact) mass is 238 g/mol. The van der Waals surface area contributed by atoms with Gasteiger partial charge >= 0.3 is 0 Å². The Morgan fingerprint density at radius 1 is 0.812 bits per heavy atom. The Morgan fingerprint density at radius 2 is 1.19 bits per heavy atom. The van der Waals surface area contributed by atoms with Gasteiger partial charge < -0.3 is 10.6 Å². The fraction of sp³-hybridized carbons (Fsp3) is 0.333. The molecular weight excluding hydrogens is 231 g/mol. The molecule has 0 radical (unpaired) electrons. The molecule has 1 fully saturated rings. The van der Waals surface area contributed by atoms with Crippen LogP contribution in [0.4, 0.5) is 27.6 Å². The Kier molecular flexibility index (Phi) is 2.49. The first-order chi connectivity index (χ1) is 7.43. The second kappa shape index (κ2) is 3.58. The first kappa shape index (κ1) is 11.1. The van der Waals surface area contributed by atoms with Gasteiger partial charge in [0.15, 0.2) is 23.3 Å². The van der Waals surface area contributed by atoms with Crippen molar-refractivity contribution in [3.8, 4) is 0 Å². The smallest absolute Gasteiger partial charge is 0.200 e. The van der Waals surface area contributed by atoms with Crippen LogP contribution >= 0.6 is 0 Å². The van der Waals surface area contributed by atoms with E-state index in [-0.39, 0.29) is 19.1 Å². The average molecular weight is 238 g/mol. The maximum absolute atomic E-state index is 13.2. The van der Waals surface area contributed by atoms with Crippen molar-refractivity contribution >= 4 is 5.69 Å². The molecule has 0 unspecified atom stereocenters. The summed E-state index contributed by atoms with van der Waals surface area (Å²) < 4.78 is 64.7. The van der Waals surface area contributed by atoms with E-state index in [0.717, 1.165) is 4.90 Å². The van der Waals surface area contributed by atoms with Gasteiger partial charge in [-0.2, -0.15) is 0 Å². The van der Waals surface area contributed by atoms with E-state index in [9.17, 15) is 22.0 Å². The molecule has 0 amide bonds. The van der Waals surface area contributed by atoms with Crippen LogP contribution in [0.5, 0.6) is 0 Å². The SMILES string of the molecule is NC1CN(c2c(F)c(F)c(F)c(F)c2F)C1. The topological polar surface area (TPSA) is 29.3 Å². The maximum Gasteiger partial charge on any atom is 0.200 e. The van der Waals surface area contributed by atoms with E-state index in [1.807, 2.05) is 0 Å². The molecule has 1 aliphatic heterocycles. The van der Waals surface area contributed by atoms with Crippen molar-refractivity contribution in [2.75, 3.05) is 18.0 Å². The molecule has 1 aromatic rings. The molecule has 16 heavy (non-hydrogen) atoms. The number of hydrogen-bond acceptors (Lipinski definition) is 2. The van der Waals surface area contributed by atoms with Crippen LogP contribution in [0.3, 0.4) is 0 Å². The molecule has 0 atom stereocenters. The molecule has 0 spiro atoms. The minimum atomic E-state index is -2.15. The summed E-state index contributed by atoms with van der Waals surface area (Å²) in [4.78, 5) is 1.01. The lowest BCUT2D eigenvalue weighted by atomic mass is 10.1. The van der Waals surface area contributed by atoms with Crippen LogP contribution in [0.25, 0.3) is 0 Å². The van der Waals surface area contributed by atoms with E-state index in [2.05, 4.69) is 0 Å². The lowest BCUT2D eigenvalue weighted by Gasteiger charge is -2.39. The third-order valence-corrected chi connectivity index (χ3v) is 2.41. The number of hydrogen-bond donors (Lipinski definition) is 1. The van der Waals surface area contributed by atoms with Gasteiger partial charge in [0.05, 0.1) is 0 Å². The molecule has 2 nitrogen and oxygen atoms in total. The number of nitrogens with two attached hydrogens (primary N) is 1. The summed E-state index contributed by atoms with van der Waals surface area (Å²) in [6.45, 7) is 0.136. The van der Waals surface area contributed by atoms with E-state index < -0.39 is 34.8 Å². The minimum Gasteiger partial charge on any atom is -0.363 e. The maximum atomic E-state index is 13.2. The van der Waals surface area contributed by atoms with Crippen LogP contribution in [0.2, 0.25) is 0 Å². The molecule has 0 saturated carbocycles. The minimum absolute atomic E-state index is 0.0678. The van der Waals surface area contributed by atoms with Gasteiger partial charge in [0.2, 0.25) is 5.82 Å². The van der Waals surface area contributed by atoms with Crippen LogP contribution in [0.15, 0.2) is 0 Å². The highest BCUT2D eigenvalue weighted by molar-refractivity contribution is 5.53. The third kappa shape index (κ3) is 1.42. The van der Waals surface area contributed by atoms with Crippen molar-refractivity contribution in [2.45, 2.75) is 6.04 Å². The van der Waals surface area contributed by atoms with Gasteiger partial charge in [-0.15, -0.1) is 0 Å². The van der Waals surface area contributed by atoms with Gasteiger partial charge in [0.25, 0.3) is 0 Å². The molecule has 1 saturated heterocycles. The first-order valence-electron chi connectivity index (χ1n) is 4.45. The Bertz CT molecular complexity index is 413. The highest BCUT2D eigenvalue weighted by Crippen LogP contribution is 2.32. The molecule has 0 aliphatic carbocycles. The molecule has 0 bridgehead atoms. The molecule has 7 heteroatoms. The van der Waals surface area contributed by atoms with Crippen molar-refractivity contribution in [2.24, 2.45) is 5.73 Å². The van der Waals surface area contributed by atoms with Crippen LogP contribution in [-0.2, 0) is 0 Å². The predicted octanol–water partition coefficient (Wildman–Crippen LogP) is 1.53. The van der Waals surface area contributed by atoms with Gasteiger partial charge in [-0.1, -0.05) is 0 Å². The van der Waals surface area contributed by atoms with Crippen molar-refractivity contribution in [1.82, 2.24) is 0 Å². The largest absolute Gasteiger partial charge is 0.363 e. The summed E-state index contributed by atoms with van der Waals surface area (Å²) in [7, 11) is 0. The van der Waals surface area contributed by atoms with Crippen LogP contribution in [-0.4, -0.2) is 19.1 Å². The van der Waals surface area contributed by atoms with Gasteiger partial charge in [-0.25, -0.2) is 22.0 Å². The van der Waals surface area contributed by atoms with Gasteiger partial charge in [-0.3, -0.25) is 0 Å². The van der Waals surface area contributed by atoms with Crippen molar-refractivity contribution in [3.05, 3.63) is 29.1 Å². The summed E-state index contributed by atoms with van der Waals surface area (Å²) in [6, 6.07) is -0.310. The zero-order valence-corrected chi connectivity index (χ0v) is 7.91. The van der Waals surface area contributed by atoms with Gasteiger partial charge in [0, 0.05) is 19.1 Å². The summed E-state index contributed by atoms with van der Waals surface area (Å²) in [5.74, 6) is -9.65. The molecule has 1 aliphatic rings. The Balaban J connectivity index is 2.53. The fourth-order valence-electron chi connectivity index (χ4n) is 1.57. The van der Waals surface area contributed by atoms with Gasteiger partial charge in [-0.05, 0) is 0 Å². The molecule has 2 N–H and O–H groups in total. The lowest BCUT2D eigenvalue weighted by molar-refractivity contribution is 0.372. The molecule has 1 heterocycles.